The van der Waals surface area contributed by atoms with Gasteiger partial charge in [-0.2, -0.15) is 0 Å². The van der Waals surface area contributed by atoms with Gasteiger partial charge in [-0.1, -0.05) is 29.3 Å². The molecule has 44 heavy (non-hydrogen) atoms. The maximum atomic E-state index is 12.7. The molecule has 6 atom stereocenters. The summed E-state index contributed by atoms with van der Waals surface area (Å²) >= 11 is 0. The molecule has 3 aliphatic rings. The standard InChI is InChI=1S/C30H38N4O10/c1-2-43-32-21-15-23(34-27(29(40)41)26(28(38)39)31-33-34)30(42)25-19(21)13-16(7-3-5-11-35)18(8-4-6-12-36)24(25)20-14-17(37)9-10-22(20)44-30/h9-10,13-14,16,18,23-25,35-37,42H,2-8,11-12,15H2,1H3,(H,38,39)(H,40,41). The first-order valence-electron chi connectivity index (χ1n) is 14.9. The number of nitrogens with zero attached hydrogens (tertiary/aromatic N) is 4. The summed E-state index contributed by atoms with van der Waals surface area (Å²) in [7, 11) is 0. The van der Waals surface area contributed by atoms with E-state index in [0.29, 0.717) is 48.3 Å². The van der Waals surface area contributed by atoms with Crippen LogP contribution < -0.4 is 4.74 Å². The molecule has 1 saturated carbocycles. The Bertz CT molecular complexity index is 1460. The third kappa shape index (κ3) is 5.53. The van der Waals surface area contributed by atoms with Crippen LogP contribution in [0, 0.1) is 17.8 Å². The summed E-state index contributed by atoms with van der Waals surface area (Å²) < 4.78 is 7.24. The minimum absolute atomic E-state index is 0.00550. The smallest absolute Gasteiger partial charge is 0.359 e. The Morgan fingerprint density at radius 2 is 1.84 bits per heavy atom. The van der Waals surface area contributed by atoms with Crippen molar-refractivity contribution in [2.45, 2.75) is 69.6 Å². The number of carbonyl (C=O) groups is 2. The minimum Gasteiger partial charge on any atom is -0.508 e. The van der Waals surface area contributed by atoms with Gasteiger partial charge < -0.3 is 40.2 Å². The second kappa shape index (κ2) is 12.9. The van der Waals surface area contributed by atoms with Gasteiger partial charge >= 0.3 is 11.9 Å². The predicted octanol–water partition coefficient (Wildman–Crippen LogP) is 2.70. The molecule has 6 unspecified atom stereocenters. The number of hydrogen-bond donors (Lipinski definition) is 6. The van der Waals surface area contributed by atoms with Crippen molar-refractivity contribution in [2.24, 2.45) is 22.9 Å². The lowest BCUT2D eigenvalue weighted by atomic mass is 9.55. The van der Waals surface area contributed by atoms with E-state index in [0.717, 1.165) is 17.5 Å². The largest absolute Gasteiger partial charge is 0.508 e. The van der Waals surface area contributed by atoms with Crippen LogP contribution >= 0.6 is 0 Å². The summed E-state index contributed by atoms with van der Waals surface area (Å²) in [5.74, 6) is -6.46. The molecule has 2 heterocycles. The van der Waals surface area contributed by atoms with Gasteiger partial charge in [-0.15, -0.1) is 5.10 Å². The molecule has 14 nitrogen and oxygen atoms in total. The van der Waals surface area contributed by atoms with Crippen LogP contribution in [0.3, 0.4) is 0 Å². The van der Waals surface area contributed by atoms with Crippen LogP contribution in [0.15, 0.2) is 35.0 Å². The quantitative estimate of drug-likeness (QED) is 0.142. The Labute approximate surface area is 253 Å². The number of aromatic carboxylic acids is 2. The summed E-state index contributed by atoms with van der Waals surface area (Å²) in [5.41, 5.74) is 0.240. The van der Waals surface area contributed by atoms with Crippen molar-refractivity contribution in [2.75, 3.05) is 19.8 Å². The SMILES string of the molecule is CCON=C1CC(n2nnc(C(=O)O)c2C(=O)O)C2(O)Oc3ccc(O)cc3C3C(CCCCO)C(CCCCO)C=C1C32. The van der Waals surface area contributed by atoms with Gasteiger partial charge in [0.05, 0.1) is 11.6 Å². The normalized spacial score (nSPS) is 28.0. The van der Waals surface area contributed by atoms with Gasteiger partial charge in [0, 0.05) is 31.1 Å². The van der Waals surface area contributed by atoms with Crippen molar-refractivity contribution in [3.63, 3.8) is 0 Å². The minimum atomic E-state index is -2.13. The molecule has 14 heteroatoms. The van der Waals surface area contributed by atoms with E-state index in [1.165, 1.54) is 6.07 Å². The first-order chi connectivity index (χ1) is 21.2. The first kappa shape index (κ1) is 31.4. The van der Waals surface area contributed by atoms with Crippen LogP contribution in [-0.2, 0) is 4.84 Å². The highest BCUT2D eigenvalue weighted by molar-refractivity contribution is 6.03. The van der Waals surface area contributed by atoms with Crippen LogP contribution in [0.25, 0.3) is 0 Å². The fourth-order valence-electron chi connectivity index (χ4n) is 7.21. The lowest BCUT2D eigenvalue weighted by Gasteiger charge is -2.56. The van der Waals surface area contributed by atoms with Crippen molar-refractivity contribution >= 4 is 17.7 Å². The molecule has 0 bridgehead atoms. The van der Waals surface area contributed by atoms with Crippen molar-refractivity contribution in [1.82, 2.24) is 15.0 Å². The zero-order chi connectivity index (χ0) is 31.6. The number of benzene rings is 1. The van der Waals surface area contributed by atoms with Gasteiger partial charge in [-0.3, -0.25) is 0 Å². The average molecular weight is 615 g/mol. The van der Waals surface area contributed by atoms with E-state index in [9.17, 15) is 40.2 Å². The fourth-order valence-corrected chi connectivity index (χ4v) is 7.21. The van der Waals surface area contributed by atoms with E-state index in [4.69, 9.17) is 9.57 Å². The summed E-state index contributed by atoms with van der Waals surface area (Å²) in [5, 5.41) is 73.9. The third-order valence-corrected chi connectivity index (χ3v) is 8.96. The molecule has 2 aromatic rings. The van der Waals surface area contributed by atoms with E-state index >= 15 is 0 Å². The van der Waals surface area contributed by atoms with Crippen molar-refractivity contribution in [3.8, 4) is 11.5 Å². The number of fused-ring (bicyclic) bond motifs is 2. The Morgan fingerprint density at radius 1 is 1.11 bits per heavy atom. The van der Waals surface area contributed by atoms with Crippen LogP contribution in [-0.4, -0.2) is 88.9 Å². The number of hydrogen-bond acceptors (Lipinski definition) is 11. The van der Waals surface area contributed by atoms with E-state index in [1.54, 1.807) is 19.1 Å². The summed E-state index contributed by atoms with van der Waals surface area (Å²) in [6.45, 7) is 2.07. The molecule has 1 fully saturated rings. The van der Waals surface area contributed by atoms with Crippen LogP contribution in [0.2, 0.25) is 0 Å². The molecule has 0 radical (unpaired) electrons. The maximum absolute atomic E-state index is 12.7. The third-order valence-electron chi connectivity index (χ3n) is 8.96. The Balaban J connectivity index is 1.75. The van der Waals surface area contributed by atoms with Crippen LogP contribution in [0.5, 0.6) is 11.5 Å². The number of phenolic OH excluding ortho intramolecular Hbond substituents is 1. The van der Waals surface area contributed by atoms with Gasteiger partial charge in [0.2, 0.25) is 11.5 Å². The van der Waals surface area contributed by atoms with E-state index in [-0.39, 0.29) is 43.8 Å². The monoisotopic (exact) mass is 614 g/mol. The number of phenols is 1. The number of unbranched alkanes of at least 4 members (excludes halogenated alkanes) is 2. The molecule has 0 amide bonds. The van der Waals surface area contributed by atoms with Gasteiger partial charge in [0.25, 0.3) is 0 Å². The second-order valence-electron chi connectivity index (χ2n) is 11.5. The number of oxime groups is 1. The molecule has 238 valence electrons. The number of carboxylic acid groups (broad SMARTS) is 2. The van der Waals surface area contributed by atoms with E-state index in [2.05, 4.69) is 21.5 Å². The second-order valence-corrected chi connectivity index (χ2v) is 11.5. The molecule has 2 aliphatic carbocycles. The predicted molar refractivity (Wildman–Crippen MR) is 154 cm³/mol. The van der Waals surface area contributed by atoms with E-state index < -0.39 is 47.0 Å². The topological polar surface area (TPSA) is 217 Å². The van der Waals surface area contributed by atoms with E-state index in [1.807, 2.05) is 0 Å². The Hall–Kier alpha value is -4.01. The average Bonchev–Trinajstić information content (AvgIpc) is 3.44. The molecular weight excluding hydrogens is 576 g/mol. The maximum Gasteiger partial charge on any atom is 0.359 e. The van der Waals surface area contributed by atoms with Gasteiger partial charge in [-0.05, 0) is 68.2 Å². The molecule has 1 aliphatic heterocycles. The molecule has 5 rings (SSSR count). The van der Waals surface area contributed by atoms with Gasteiger partial charge in [0.15, 0.2) is 5.69 Å². The van der Waals surface area contributed by atoms with Crippen LogP contribution in [0.1, 0.15) is 90.4 Å². The number of aromatic hydroxyl groups is 1. The Morgan fingerprint density at radius 3 is 2.50 bits per heavy atom. The number of aliphatic hydroxyl groups is 3. The lowest BCUT2D eigenvalue weighted by Crippen LogP contribution is -2.62. The zero-order valence-corrected chi connectivity index (χ0v) is 24.4. The number of carboxylic acids is 2. The summed E-state index contributed by atoms with van der Waals surface area (Å²) in [4.78, 5) is 29.7. The van der Waals surface area contributed by atoms with Crippen LogP contribution in [0.4, 0.5) is 0 Å². The zero-order valence-electron chi connectivity index (χ0n) is 24.4. The van der Waals surface area contributed by atoms with Crippen molar-refractivity contribution in [1.29, 1.82) is 0 Å². The van der Waals surface area contributed by atoms with Crippen molar-refractivity contribution < 1.29 is 49.8 Å². The molecular formula is C30H38N4O10. The molecule has 1 aromatic heterocycles. The highest BCUT2D eigenvalue weighted by atomic mass is 16.6. The fraction of sp³-hybridized carbons (Fsp3) is 0.567. The number of aromatic nitrogens is 3. The highest BCUT2D eigenvalue weighted by Crippen LogP contribution is 2.62. The Kier molecular flexibility index (Phi) is 9.23. The van der Waals surface area contributed by atoms with Gasteiger partial charge in [0.1, 0.15) is 24.1 Å². The number of allylic oxidation sites excluding steroid dienone is 1. The molecule has 1 aromatic carbocycles. The molecule has 0 saturated heterocycles. The number of rotatable bonds is 13. The number of ether oxygens (including phenoxy) is 1. The lowest BCUT2D eigenvalue weighted by molar-refractivity contribution is -0.225. The summed E-state index contributed by atoms with van der Waals surface area (Å²) in [6, 6.07) is 3.31. The molecule has 6 N–H and O–H groups in total. The highest BCUT2D eigenvalue weighted by Gasteiger charge is 2.63. The first-order valence-corrected chi connectivity index (χ1v) is 14.9. The van der Waals surface area contributed by atoms with Crippen molar-refractivity contribution in [3.05, 3.63) is 46.8 Å². The van der Waals surface area contributed by atoms with Gasteiger partial charge in [-0.25, -0.2) is 14.3 Å². The molecule has 0 spiro atoms. The summed E-state index contributed by atoms with van der Waals surface area (Å²) in [6.07, 6.45) is 5.95. The number of aliphatic hydroxyl groups excluding tert-OH is 2.